The summed E-state index contributed by atoms with van der Waals surface area (Å²) in [4.78, 5) is 14.6. The van der Waals surface area contributed by atoms with Crippen molar-refractivity contribution in [3.8, 4) is 11.3 Å². The highest BCUT2D eigenvalue weighted by Gasteiger charge is 2.19. The normalized spacial score (nSPS) is 16.2. The molecule has 24 heavy (non-hydrogen) atoms. The number of aromatic nitrogens is 1. The molecule has 2 aromatic rings. The van der Waals surface area contributed by atoms with Crippen molar-refractivity contribution in [2.75, 3.05) is 19.6 Å². The first-order valence-corrected chi connectivity index (χ1v) is 8.71. The molecule has 0 unspecified atom stereocenters. The fraction of sp³-hybridized carbons (Fsp3) is 0.444. The summed E-state index contributed by atoms with van der Waals surface area (Å²) < 4.78 is 5.30. The minimum Gasteiger partial charge on any atom is -0.359 e. The Morgan fingerprint density at radius 3 is 2.92 bits per heavy atom. The van der Waals surface area contributed by atoms with Gasteiger partial charge >= 0.3 is 0 Å². The predicted molar refractivity (Wildman–Crippen MR) is 93.6 cm³/mol. The van der Waals surface area contributed by atoms with Gasteiger partial charge in [-0.2, -0.15) is 0 Å². The van der Waals surface area contributed by atoms with Crippen LogP contribution in [-0.4, -0.2) is 35.6 Å². The molecule has 1 aromatic heterocycles. The number of hydrogen-bond acceptors (Lipinski definition) is 4. The smallest absolute Gasteiger partial charge is 0.224 e. The van der Waals surface area contributed by atoms with Crippen molar-refractivity contribution in [1.82, 2.24) is 15.4 Å². The highest BCUT2D eigenvalue weighted by Crippen LogP contribution is 2.22. The van der Waals surface area contributed by atoms with E-state index in [1.165, 1.54) is 12.8 Å². The van der Waals surface area contributed by atoms with Crippen LogP contribution >= 0.6 is 11.6 Å². The Kier molecular flexibility index (Phi) is 5.53. The molecule has 0 saturated carbocycles. The van der Waals surface area contributed by atoms with E-state index in [1.54, 1.807) is 0 Å². The maximum atomic E-state index is 12.2. The van der Waals surface area contributed by atoms with Gasteiger partial charge in [-0.15, -0.1) is 0 Å². The molecule has 0 spiro atoms. The number of nitrogens with zero attached hydrogens (tertiary/aromatic N) is 2. The van der Waals surface area contributed by atoms with Crippen LogP contribution < -0.4 is 5.32 Å². The molecule has 5 nitrogen and oxygen atoms in total. The number of carbonyl (C=O) groups excluding carboxylic acids is 1. The second-order valence-electron chi connectivity index (χ2n) is 6.32. The SMILES string of the molecule is C[C@H](CN1CCCC1)C(=O)NCc1cc(-c2cccc(Cl)c2)no1. The number of rotatable bonds is 6. The first-order valence-electron chi connectivity index (χ1n) is 8.33. The second-order valence-corrected chi connectivity index (χ2v) is 6.75. The summed E-state index contributed by atoms with van der Waals surface area (Å²) in [7, 11) is 0. The fourth-order valence-electron chi connectivity index (χ4n) is 2.96. The average molecular weight is 348 g/mol. The Labute approximate surface area is 147 Å². The number of benzene rings is 1. The Morgan fingerprint density at radius 1 is 1.38 bits per heavy atom. The number of halogens is 1. The molecule has 2 heterocycles. The van der Waals surface area contributed by atoms with Gasteiger partial charge in [0.15, 0.2) is 5.76 Å². The molecule has 6 heteroatoms. The predicted octanol–water partition coefficient (Wildman–Crippen LogP) is 3.34. The van der Waals surface area contributed by atoms with E-state index in [9.17, 15) is 4.79 Å². The number of hydrogen-bond donors (Lipinski definition) is 1. The molecule has 0 bridgehead atoms. The Hall–Kier alpha value is -1.85. The van der Waals surface area contributed by atoms with E-state index in [1.807, 2.05) is 37.3 Å². The number of carbonyl (C=O) groups is 1. The largest absolute Gasteiger partial charge is 0.359 e. The van der Waals surface area contributed by atoms with Crippen LogP contribution in [0.4, 0.5) is 0 Å². The van der Waals surface area contributed by atoms with Crippen molar-refractivity contribution in [1.29, 1.82) is 0 Å². The summed E-state index contributed by atoms with van der Waals surface area (Å²) in [5.74, 6) is 0.646. The topological polar surface area (TPSA) is 58.4 Å². The van der Waals surface area contributed by atoms with Crippen LogP contribution in [0.15, 0.2) is 34.9 Å². The zero-order valence-corrected chi connectivity index (χ0v) is 14.6. The molecule has 1 amide bonds. The summed E-state index contributed by atoms with van der Waals surface area (Å²) in [6.45, 7) is 5.32. The van der Waals surface area contributed by atoms with E-state index in [4.69, 9.17) is 16.1 Å². The molecular weight excluding hydrogens is 326 g/mol. The third-order valence-electron chi connectivity index (χ3n) is 4.29. The number of likely N-dealkylation sites (tertiary alicyclic amines) is 1. The van der Waals surface area contributed by atoms with Crippen LogP contribution in [0.2, 0.25) is 5.02 Å². The average Bonchev–Trinajstić information content (AvgIpc) is 3.24. The van der Waals surface area contributed by atoms with Gasteiger partial charge in [0.05, 0.1) is 6.54 Å². The van der Waals surface area contributed by atoms with Crippen molar-refractivity contribution in [3.05, 3.63) is 41.1 Å². The molecule has 1 aliphatic rings. The van der Waals surface area contributed by atoms with Gasteiger partial charge in [0.1, 0.15) is 5.69 Å². The van der Waals surface area contributed by atoms with Crippen LogP contribution in [-0.2, 0) is 11.3 Å². The zero-order chi connectivity index (χ0) is 16.9. The Balaban J connectivity index is 1.52. The molecule has 1 aromatic carbocycles. The van der Waals surface area contributed by atoms with Crippen molar-refractivity contribution in [2.45, 2.75) is 26.3 Å². The van der Waals surface area contributed by atoms with E-state index in [2.05, 4.69) is 15.4 Å². The molecule has 1 N–H and O–H groups in total. The lowest BCUT2D eigenvalue weighted by Crippen LogP contribution is -2.36. The first kappa shape index (κ1) is 17.0. The van der Waals surface area contributed by atoms with Crippen LogP contribution in [0, 0.1) is 5.92 Å². The lowest BCUT2D eigenvalue weighted by Gasteiger charge is -2.19. The van der Waals surface area contributed by atoms with Gasteiger partial charge in [0.25, 0.3) is 0 Å². The molecule has 1 saturated heterocycles. The maximum absolute atomic E-state index is 12.2. The van der Waals surface area contributed by atoms with Crippen LogP contribution in [0.3, 0.4) is 0 Å². The van der Waals surface area contributed by atoms with Gasteiger partial charge in [-0.05, 0) is 38.1 Å². The second kappa shape index (κ2) is 7.81. The van der Waals surface area contributed by atoms with E-state index in [0.717, 1.165) is 25.2 Å². The third-order valence-corrected chi connectivity index (χ3v) is 4.53. The molecule has 1 atom stereocenters. The molecule has 128 valence electrons. The third kappa shape index (κ3) is 4.36. The highest BCUT2D eigenvalue weighted by atomic mass is 35.5. The lowest BCUT2D eigenvalue weighted by molar-refractivity contribution is -0.125. The lowest BCUT2D eigenvalue weighted by atomic mass is 10.1. The fourth-order valence-corrected chi connectivity index (χ4v) is 3.15. The standard InChI is InChI=1S/C18H22ClN3O2/c1-13(12-22-7-2-3-8-22)18(23)20-11-16-10-17(21-24-16)14-5-4-6-15(19)9-14/h4-6,9-10,13H,2-3,7-8,11-12H2,1H3,(H,20,23)/t13-/m1/s1. The summed E-state index contributed by atoms with van der Waals surface area (Å²) in [6.07, 6.45) is 2.47. The highest BCUT2D eigenvalue weighted by molar-refractivity contribution is 6.30. The monoisotopic (exact) mass is 347 g/mol. The molecule has 0 aliphatic carbocycles. The van der Waals surface area contributed by atoms with Crippen molar-refractivity contribution >= 4 is 17.5 Å². The van der Waals surface area contributed by atoms with Gasteiger partial charge in [0.2, 0.25) is 5.91 Å². The van der Waals surface area contributed by atoms with Crippen molar-refractivity contribution < 1.29 is 9.32 Å². The molecule has 1 fully saturated rings. The summed E-state index contributed by atoms with van der Waals surface area (Å²) >= 11 is 5.99. The van der Waals surface area contributed by atoms with Gasteiger partial charge in [0, 0.05) is 29.1 Å². The quantitative estimate of drug-likeness (QED) is 0.870. The van der Waals surface area contributed by atoms with Crippen molar-refractivity contribution in [2.24, 2.45) is 5.92 Å². The van der Waals surface area contributed by atoms with Gasteiger partial charge in [-0.1, -0.05) is 35.8 Å². The summed E-state index contributed by atoms with van der Waals surface area (Å²) in [5.41, 5.74) is 1.61. The van der Waals surface area contributed by atoms with Gasteiger partial charge in [-0.3, -0.25) is 4.79 Å². The van der Waals surface area contributed by atoms with E-state index in [0.29, 0.717) is 23.0 Å². The summed E-state index contributed by atoms with van der Waals surface area (Å²) in [5, 5.41) is 7.62. The summed E-state index contributed by atoms with van der Waals surface area (Å²) in [6, 6.07) is 9.27. The Morgan fingerprint density at radius 2 is 2.17 bits per heavy atom. The van der Waals surface area contributed by atoms with Crippen molar-refractivity contribution in [3.63, 3.8) is 0 Å². The van der Waals surface area contributed by atoms with Crippen LogP contribution in [0.25, 0.3) is 11.3 Å². The minimum absolute atomic E-state index is 0.0292. The first-order chi connectivity index (χ1) is 11.6. The van der Waals surface area contributed by atoms with E-state index in [-0.39, 0.29) is 11.8 Å². The van der Waals surface area contributed by atoms with E-state index >= 15 is 0 Å². The molecule has 3 rings (SSSR count). The number of amides is 1. The molecule has 0 radical (unpaired) electrons. The van der Waals surface area contributed by atoms with E-state index < -0.39 is 0 Å². The Bertz CT molecular complexity index is 695. The number of nitrogens with one attached hydrogen (secondary N) is 1. The maximum Gasteiger partial charge on any atom is 0.224 e. The van der Waals surface area contributed by atoms with Gasteiger partial charge < -0.3 is 14.7 Å². The van der Waals surface area contributed by atoms with Crippen LogP contribution in [0.1, 0.15) is 25.5 Å². The molecular formula is C18H22ClN3O2. The van der Waals surface area contributed by atoms with Gasteiger partial charge in [-0.25, -0.2) is 0 Å². The minimum atomic E-state index is -0.0292. The molecule has 1 aliphatic heterocycles. The van der Waals surface area contributed by atoms with Crippen LogP contribution in [0.5, 0.6) is 0 Å². The zero-order valence-electron chi connectivity index (χ0n) is 13.8.